The molecule has 1 unspecified atom stereocenters. The van der Waals surface area contributed by atoms with Crippen molar-refractivity contribution in [1.29, 1.82) is 0 Å². The Kier molecular flexibility index (Phi) is 6.02. The van der Waals surface area contributed by atoms with Crippen LogP contribution in [-0.2, 0) is 14.3 Å². The molecular formula is C15H21NO5. The number of phenols is 1. The number of carbonyl (C=O) groups is 2. The normalized spacial score (nSPS) is 11.9. The highest BCUT2D eigenvalue weighted by Crippen LogP contribution is 2.26. The number of aromatic hydroxyl groups is 1. The molecule has 0 aromatic heterocycles. The van der Waals surface area contributed by atoms with Gasteiger partial charge in [0.25, 0.3) is 0 Å². The molecule has 1 aromatic rings. The highest BCUT2D eigenvalue weighted by molar-refractivity contribution is 5.91. The van der Waals surface area contributed by atoms with Crippen molar-refractivity contribution in [2.75, 3.05) is 19.5 Å². The first-order chi connectivity index (χ1) is 9.88. The minimum absolute atomic E-state index is 0.0553. The summed E-state index contributed by atoms with van der Waals surface area (Å²) in [4.78, 5) is 23.3. The van der Waals surface area contributed by atoms with Gasteiger partial charge in [0.05, 0.1) is 25.5 Å². The second kappa shape index (κ2) is 7.52. The molecule has 0 fully saturated rings. The van der Waals surface area contributed by atoms with Crippen molar-refractivity contribution in [2.24, 2.45) is 5.92 Å². The van der Waals surface area contributed by atoms with Crippen LogP contribution in [0.5, 0.6) is 5.75 Å². The van der Waals surface area contributed by atoms with Gasteiger partial charge in [0.15, 0.2) is 0 Å². The lowest BCUT2D eigenvalue weighted by atomic mass is 10.0. The molecule has 1 aromatic carbocycles. The Morgan fingerprint density at radius 3 is 2.43 bits per heavy atom. The number of carbonyl (C=O) groups excluding carboxylic acids is 2. The van der Waals surface area contributed by atoms with Gasteiger partial charge in [-0.25, -0.2) is 9.59 Å². The predicted octanol–water partition coefficient (Wildman–Crippen LogP) is 2.18. The van der Waals surface area contributed by atoms with Crippen molar-refractivity contribution < 1.29 is 24.2 Å². The van der Waals surface area contributed by atoms with E-state index in [-0.39, 0.29) is 22.9 Å². The van der Waals surface area contributed by atoms with E-state index in [0.717, 1.165) is 0 Å². The lowest BCUT2D eigenvalue weighted by Gasteiger charge is -2.20. The fourth-order valence-corrected chi connectivity index (χ4v) is 1.91. The number of esters is 2. The molecule has 0 saturated heterocycles. The minimum Gasteiger partial charge on any atom is -0.506 e. The third-order valence-corrected chi connectivity index (χ3v) is 2.94. The van der Waals surface area contributed by atoms with E-state index < -0.39 is 18.0 Å². The third-order valence-electron chi connectivity index (χ3n) is 2.94. The molecule has 116 valence electrons. The van der Waals surface area contributed by atoms with Gasteiger partial charge in [0.1, 0.15) is 11.8 Å². The van der Waals surface area contributed by atoms with Crippen molar-refractivity contribution in [3.8, 4) is 5.75 Å². The Hall–Kier alpha value is -2.24. The number of rotatable bonds is 6. The molecule has 6 heteroatoms. The molecule has 21 heavy (non-hydrogen) atoms. The monoisotopic (exact) mass is 295 g/mol. The summed E-state index contributed by atoms with van der Waals surface area (Å²) in [6.45, 7) is 3.95. The molecule has 2 N–H and O–H groups in total. The van der Waals surface area contributed by atoms with E-state index in [0.29, 0.717) is 6.42 Å². The van der Waals surface area contributed by atoms with Crippen LogP contribution < -0.4 is 5.32 Å². The van der Waals surface area contributed by atoms with Gasteiger partial charge in [-0.2, -0.15) is 0 Å². The van der Waals surface area contributed by atoms with Gasteiger partial charge in [-0.05, 0) is 30.5 Å². The molecule has 0 aliphatic carbocycles. The van der Waals surface area contributed by atoms with E-state index >= 15 is 0 Å². The lowest BCUT2D eigenvalue weighted by molar-refractivity contribution is -0.141. The average Bonchev–Trinajstić information content (AvgIpc) is 2.46. The van der Waals surface area contributed by atoms with E-state index in [1.54, 1.807) is 0 Å². The van der Waals surface area contributed by atoms with Crippen LogP contribution in [0.2, 0.25) is 0 Å². The zero-order valence-electron chi connectivity index (χ0n) is 12.7. The van der Waals surface area contributed by atoms with E-state index in [4.69, 9.17) is 4.74 Å². The Morgan fingerprint density at radius 2 is 1.90 bits per heavy atom. The fourth-order valence-electron chi connectivity index (χ4n) is 1.91. The van der Waals surface area contributed by atoms with Crippen LogP contribution in [0, 0.1) is 5.92 Å². The van der Waals surface area contributed by atoms with Crippen LogP contribution in [0.4, 0.5) is 5.69 Å². The molecule has 0 aliphatic rings. The molecule has 0 bridgehead atoms. The van der Waals surface area contributed by atoms with Gasteiger partial charge in [-0.15, -0.1) is 0 Å². The summed E-state index contributed by atoms with van der Waals surface area (Å²) in [5.41, 5.74) is 0.569. The second-order valence-electron chi connectivity index (χ2n) is 5.07. The first-order valence-electron chi connectivity index (χ1n) is 6.64. The molecular weight excluding hydrogens is 274 g/mol. The van der Waals surface area contributed by atoms with Crippen LogP contribution in [-0.4, -0.2) is 37.3 Å². The van der Waals surface area contributed by atoms with Crippen molar-refractivity contribution in [2.45, 2.75) is 26.3 Å². The molecule has 0 radical (unpaired) electrons. The molecule has 1 atom stereocenters. The predicted molar refractivity (Wildman–Crippen MR) is 78.3 cm³/mol. The van der Waals surface area contributed by atoms with Crippen molar-refractivity contribution in [3.05, 3.63) is 23.8 Å². The number of phenolic OH excluding ortho intramolecular Hbond substituents is 1. The van der Waals surface area contributed by atoms with Crippen LogP contribution in [0.25, 0.3) is 0 Å². The molecule has 0 amide bonds. The van der Waals surface area contributed by atoms with Crippen LogP contribution >= 0.6 is 0 Å². The SMILES string of the molecule is COC(=O)c1ccc(O)c(NC(CC(C)C)C(=O)OC)c1. The number of anilines is 1. The van der Waals surface area contributed by atoms with E-state index in [1.807, 2.05) is 13.8 Å². The maximum Gasteiger partial charge on any atom is 0.337 e. The smallest absolute Gasteiger partial charge is 0.337 e. The highest BCUT2D eigenvalue weighted by atomic mass is 16.5. The average molecular weight is 295 g/mol. The van der Waals surface area contributed by atoms with Crippen molar-refractivity contribution >= 4 is 17.6 Å². The minimum atomic E-state index is -0.603. The zero-order valence-corrected chi connectivity index (χ0v) is 12.7. The highest BCUT2D eigenvalue weighted by Gasteiger charge is 2.22. The lowest BCUT2D eigenvalue weighted by Crippen LogP contribution is -2.32. The Morgan fingerprint density at radius 1 is 1.24 bits per heavy atom. The van der Waals surface area contributed by atoms with Gasteiger partial charge >= 0.3 is 11.9 Å². The topological polar surface area (TPSA) is 84.9 Å². The maximum absolute atomic E-state index is 11.8. The summed E-state index contributed by atoms with van der Waals surface area (Å²) in [5.74, 6) is -0.740. The Bertz CT molecular complexity index is 513. The third kappa shape index (κ3) is 4.66. The summed E-state index contributed by atoms with van der Waals surface area (Å²) < 4.78 is 9.38. The summed E-state index contributed by atoms with van der Waals surface area (Å²) in [6.07, 6.45) is 0.536. The van der Waals surface area contributed by atoms with Crippen molar-refractivity contribution in [1.82, 2.24) is 0 Å². The summed E-state index contributed by atoms with van der Waals surface area (Å²) in [5, 5.41) is 12.8. The van der Waals surface area contributed by atoms with Gasteiger partial charge in [-0.1, -0.05) is 13.8 Å². The molecule has 6 nitrogen and oxygen atoms in total. The maximum atomic E-state index is 11.8. The first-order valence-corrected chi connectivity index (χ1v) is 6.64. The summed E-state index contributed by atoms with van der Waals surface area (Å²) >= 11 is 0. The van der Waals surface area contributed by atoms with Gasteiger partial charge in [0.2, 0.25) is 0 Å². The molecule has 0 saturated carbocycles. The number of hydrogen-bond donors (Lipinski definition) is 2. The number of hydrogen-bond acceptors (Lipinski definition) is 6. The zero-order chi connectivity index (χ0) is 16.0. The largest absolute Gasteiger partial charge is 0.506 e. The number of methoxy groups -OCH3 is 2. The van der Waals surface area contributed by atoms with E-state index in [2.05, 4.69) is 10.1 Å². The molecule has 0 spiro atoms. The van der Waals surface area contributed by atoms with Crippen LogP contribution in [0.3, 0.4) is 0 Å². The summed E-state index contributed by atoms with van der Waals surface area (Å²) in [6, 6.07) is 3.66. The quantitative estimate of drug-likeness (QED) is 0.618. The fraction of sp³-hybridized carbons (Fsp3) is 0.467. The number of ether oxygens (including phenoxy) is 2. The standard InChI is InChI=1S/C15H21NO5/c1-9(2)7-12(15(19)21-4)16-11-8-10(14(18)20-3)5-6-13(11)17/h5-6,8-9,12,16-17H,7H2,1-4H3. The van der Waals surface area contributed by atoms with Crippen LogP contribution in [0.15, 0.2) is 18.2 Å². The second-order valence-corrected chi connectivity index (χ2v) is 5.07. The van der Waals surface area contributed by atoms with E-state index in [9.17, 15) is 14.7 Å². The van der Waals surface area contributed by atoms with Crippen molar-refractivity contribution in [3.63, 3.8) is 0 Å². The van der Waals surface area contributed by atoms with Crippen LogP contribution in [0.1, 0.15) is 30.6 Å². The Balaban J connectivity index is 3.01. The summed E-state index contributed by atoms with van der Waals surface area (Å²) in [7, 11) is 2.58. The van der Waals surface area contributed by atoms with E-state index in [1.165, 1.54) is 32.4 Å². The van der Waals surface area contributed by atoms with Gasteiger partial charge in [0, 0.05) is 0 Å². The molecule has 0 aliphatic heterocycles. The first kappa shape index (κ1) is 16.8. The Labute approximate surface area is 124 Å². The number of nitrogens with one attached hydrogen (secondary N) is 1. The molecule has 0 heterocycles. The molecule has 1 rings (SSSR count). The van der Waals surface area contributed by atoms with Gasteiger partial charge < -0.3 is 19.9 Å². The number of benzene rings is 1. The van der Waals surface area contributed by atoms with Gasteiger partial charge in [-0.3, -0.25) is 0 Å².